The number of anilines is 2. The summed E-state index contributed by atoms with van der Waals surface area (Å²) in [5.74, 6) is -0.393. The number of carbonyl (C=O) groups is 3. The fourth-order valence-electron chi connectivity index (χ4n) is 5.00. The second-order valence-electron chi connectivity index (χ2n) is 10.4. The van der Waals surface area contributed by atoms with Crippen LogP contribution in [0.5, 0.6) is 11.5 Å². The van der Waals surface area contributed by atoms with Crippen LogP contribution in [0, 0.1) is 6.92 Å². The molecule has 2 aromatic carbocycles. The van der Waals surface area contributed by atoms with Crippen molar-refractivity contribution in [3.05, 3.63) is 77.2 Å². The van der Waals surface area contributed by atoms with Gasteiger partial charge in [-0.1, -0.05) is 24.3 Å². The number of ether oxygens (including phenoxy) is 2. The molecule has 0 radical (unpaired) electrons. The summed E-state index contributed by atoms with van der Waals surface area (Å²) in [6, 6.07) is 7.91. The Morgan fingerprint density at radius 3 is 2.33 bits per heavy atom. The molecule has 0 aliphatic rings. The number of methoxy groups -OCH3 is 1. The molecule has 0 fully saturated rings. The highest BCUT2D eigenvalue weighted by Crippen LogP contribution is 2.41. The van der Waals surface area contributed by atoms with Gasteiger partial charge in [0.05, 0.1) is 30.8 Å². The van der Waals surface area contributed by atoms with Crippen molar-refractivity contribution in [2.45, 2.75) is 20.4 Å². The molecular weight excluding hydrogens is 614 g/mol. The van der Waals surface area contributed by atoms with Crippen LogP contribution in [-0.4, -0.2) is 88.4 Å². The number of aldehydes is 1. The molecule has 2 amide bonds. The van der Waals surface area contributed by atoms with Gasteiger partial charge in [0.2, 0.25) is 5.91 Å². The lowest BCUT2D eigenvalue weighted by atomic mass is 10.1. The van der Waals surface area contributed by atoms with Crippen molar-refractivity contribution < 1.29 is 23.9 Å². The maximum atomic E-state index is 14.2. The number of hydrogen-bond acceptors (Lipinski definition) is 11. The van der Waals surface area contributed by atoms with Crippen molar-refractivity contribution in [3.8, 4) is 11.5 Å². The minimum Gasteiger partial charge on any atom is -0.494 e. The largest absolute Gasteiger partial charge is 0.494 e. The predicted octanol–water partition coefficient (Wildman–Crippen LogP) is 3.58. The molecule has 3 rings (SSSR count). The standard InChI is InChI=1S/C34H43N9O5/c1-7-43-28(16-23(2)40-43)34(46)42(32-27(39-5)19-25(33(36)45)20-29(32)47-6)14-10-9-13-41(22-37-3)31-26(38-4)17-24(21-44)18-30(31)48-15-11-8-12-35/h8-11,16-21,37H,4-5,7,12-15,22,35H2,1-3,6H3,(H2,36,45)/b10-9+,11-8+. The Kier molecular flexibility index (Phi) is 13.8. The summed E-state index contributed by atoms with van der Waals surface area (Å²) in [6.45, 7) is 12.9. The number of benzene rings is 2. The fourth-order valence-corrected chi connectivity index (χ4v) is 5.00. The number of amides is 2. The first-order chi connectivity index (χ1) is 23.2. The molecule has 5 N–H and O–H groups in total. The van der Waals surface area contributed by atoms with Crippen molar-refractivity contribution in [1.29, 1.82) is 0 Å². The van der Waals surface area contributed by atoms with Crippen LogP contribution in [0.3, 0.4) is 0 Å². The normalized spacial score (nSPS) is 11.1. The molecule has 0 spiro atoms. The number of aromatic nitrogens is 2. The molecule has 14 heteroatoms. The number of primary amides is 1. The van der Waals surface area contributed by atoms with Gasteiger partial charge < -0.3 is 31.2 Å². The molecule has 0 bridgehead atoms. The zero-order valence-electron chi connectivity index (χ0n) is 27.8. The average Bonchev–Trinajstić information content (AvgIpc) is 3.48. The third-order valence-corrected chi connectivity index (χ3v) is 7.13. The Bertz CT molecular complexity index is 1700. The summed E-state index contributed by atoms with van der Waals surface area (Å²) in [5, 5.41) is 7.59. The number of hydrogen-bond donors (Lipinski definition) is 3. The summed E-state index contributed by atoms with van der Waals surface area (Å²) < 4.78 is 13.3. The van der Waals surface area contributed by atoms with E-state index in [2.05, 4.69) is 33.8 Å². The number of aryl methyl sites for hydroxylation is 2. The predicted molar refractivity (Wildman–Crippen MR) is 190 cm³/mol. The van der Waals surface area contributed by atoms with Gasteiger partial charge in [-0.05, 0) is 64.7 Å². The highest BCUT2D eigenvalue weighted by atomic mass is 16.5. The molecule has 1 aromatic heterocycles. The van der Waals surface area contributed by atoms with Gasteiger partial charge in [0.15, 0.2) is 0 Å². The Hall–Kier alpha value is -5.60. The van der Waals surface area contributed by atoms with Crippen LogP contribution in [0.25, 0.3) is 0 Å². The van der Waals surface area contributed by atoms with Crippen molar-refractivity contribution in [2.24, 2.45) is 21.5 Å². The molecule has 0 atom stereocenters. The fraction of sp³-hybridized carbons (Fsp3) is 0.294. The van der Waals surface area contributed by atoms with Crippen molar-refractivity contribution >= 4 is 54.3 Å². The number of carbonyl (C=O) groups excluding carboxylic acids is 3. The van der Waals surface area contributed by atoms with E-state index >= 15 is 0 Å². The third kappa shape index (κ3) is 8.80. The Morgan fingerprint density at radius 1 is 1.02 bits per heavy atom. The minimum absolute atomic E-state index is 0.0822. The van der Waals surface area contributed by atoms with E-state index < -0.39 is 5.91 Å². The maximum Gasteiger partial charge on any atom is 0.277 e. The molecule has 0 aliphatic carbocycles. The van der Waals surface area contributed by atoms with Gasteiger partial charge >= 0.3 is 0 Å². The van der Waals surface area contributed by atoms with Gasteiger partial charge in [-0.25, -0.2) is 0 Å². The molecular formula is C34H43N9O5. The minimum atomic E-state index is -0.680. The van der Waals surface area contributed by atoms with E-state index in [1.165, 1.54) is 24.1 Å². The molecule has 1 heterocycles. The van der Waals surface area contributed by atoms with E-state index in [-0.39, 0.29) is 36.1 Å². The van der Waals surface area contributed by atoms with Gasteiger partial charge in [-0.3, -0.25) is 34.0 Å². The van der Waals surface area contributed by atoms with E-state index in [0.717, 1.165) is 6.29 Å². The smallest absolute Gasteiger partial charge is 0.277 e. The summed E-state index contributed by atoms with van der Waals surface area (Å²) in [7, 11) is 3.23. The molecule has 0 saturated carbocycles. The first kappa shape index (κ1) is 36.9. The zero-order valence-corrected chi connectivity index (χ0v) is 27.8. The lowest BCUT2D eigenvalue weighted by Gasteiger charge is -2.27. The van der Waals surface area contributed by atoms with Gasteiger partial charge in [0.1, 0.15) is 41.5 Å². The number of nitrogens with one attached hydrogen (secondary N) is 1. The first-order valence-corrected chi connectivity index (χ1v) is 15.1. The average molecular weight is 658 g/mol. The van der Waals surface area contributed by atoms with Crippen LogP contribution in [0.4, 0.5) is 22.7 Å². The van der Waals surface area contributed by atoms with Gasteiger partial charge in [0, 0.05) is 37.3 Å². The van der Waals surface area contributed by atoms with Crippen molar-refractivity contribution in [3.63, 3.8) is 0 Å². The Labute approximate surface area is 280 Å². The quantitative estimate of drug-likeness (QED) is 0.0751. The SMILES string of the molecule is C=Nc1cc(C=O)cc(OC/C=C/CN)c1N(C/C=C/CN(C(=O)c1cc(C)nn1CC)c1c(N=C)cc(C(N)=O)cc1OC)CNC. The van der Waals surface area contributed by atoms with Crippen LogP contribution in [0.2, 0.25) is 0 Å². The van der Waals surface area contributed by atoms with Gasteiger partial charge in [0.25, 0.3) is 5.91 Å². The topological polar surface area (TPSA) is 183 Å². The number of nitrogens with two attached hydrogens (primary N) is 2. The first-order valence-electron chi connectivity index (χ1n) is 15.1. The van der Waals surface area contributed by atoms with Crippen molar-refractivity contribution in [2.75, 3.05) is 56.9 Å². The van der Waals surface area contributed by atoms with Crippen LogP contribution in [0.15, 0.2) is 64.6 Å². The lowest BCUT2D eigenvalue weighted by molar-refractivity contribution is 0.0977. The highest BCUT2D eigenvalue weighted by molar-refractivity contribution is 6.09. The monoisotopic (exact) mass is 657 g/mol. The van der Waals surface area contributed by atoms with Crippen LogP contribution >= 0.6 is 0 Å². The Morgan fingerprint density at radius 2 is 1.73 bits per heavy atom. The van der Waals surface area contributed by atoms with Crippen molar-refractivity contribution in [1.82, 2.24) is 15.1 Å². The lowest BCUT2D eigenvalue weighted by Crippen LogP contribution is -2.34. The van der Waals surface area contributed by atoms with E-state index in [1.807, 2.05) is 30.9 Å². The third-order valence-electron chi connectivity index (χ3n) is 7.13. The molecule has 0 aliphatic heterocycles. The van der Waals surface area contributed by atoms with Crippen LogP contribution in [0.1, 0.15) is 43.8 Å². The summed E-state index contributed by atoms with van der Waals surface area (Å²) >= 11 is 0. The summed E-state index contributed by atoms with van der Waals surface area (Å²) in [6.07, 6.45) is 7.98. The Balaban J connectivity index is 2.07. The summed E-state index contributed by atoms with van der Waals surface area (Å²) in [4.78, 5) is 49.6. The molecule has 254 valence electrons. The number of nitrogens with zero attached hydrogens (tertiary/aromatic N) is 6. The molecule has 0 saturated heterocycles. The zero-order chi connectivity index (χ0) is 35.2. The van der Waals surface area contributed by atoms with Crippen LogP contribution < -0.4 is 36.1 Å². The van der Waals surface area contributed by atoms with E-state index in [0.29, 0.717) is 66.1 Å². The second-order valence-corrected chi connectivity index (χ2v) is 10.4. The van der Waals surface area contributed by atoms with E-state index in [4.69, 9.17) is 20.9 Å². The number of aliphatic imine (C=N–C) groups is 2. The van der Waals surface area contributed by atoms with Gasteiger partial charge in [-0.2, -0.15) is 5.10 Å². The molecule has 48 heavy (non-hydrogen) atoms. The summed E-state index contributed by atoms with van der Waals surface area (Å²) in [5.41, 5.74) is 14.3. The maximum absolute atomic E-state index is 14.2. The number of rotatable bonds is 19. The van der Waals surface area contributed by atoms with E-state index in [1.54, 1.807) is 42.1 Å². The molecule has 14 nitrogen and oxygen atoms in total. The highest BCUT2D eigenvalue weighted by Gasteiger charge is 2.27. The molecule has 3 aromatic rings. The van der Waals surface area contributed by atoms with E-state index in [9.17, 15) is 14.4 Å². The second kappa shape index (κ2) is 17.9. The van der Waals surface area contributed by atoms with Crippen LogP contribution in [-0.2, 0) is 6.54 Å². The molecule has 0 unspecified atom stereocenters. The van der Waals surface area contributed by atoms with Gasteiger partial charge in [-0.15, -0.1) is 0 Å².